The number of carboxylic acids is 1. The number of likely N-dealkylation sites (tertiary alicyclic amines) is 1. The number of carbonyl (C=O) groups is 4. The molecule has 6 rings (SSSR count). The number of carboxylic acid groups (broad SMARTS) is 1. The number of benzene rings is 4. The van der Waals surface area contributed by atoms with Gasteiger partial charge in [0.2, 0.25) is 17.6 Å². The van der Waals surface area contributed by atoms with E-state index in [9.17, 15) is 51.3 Å². The number of amides is 3. The molecule has 6 N–H and O–H groups in total. The van der Waals surface area contributed by atoms with Crippen molar-refractivity contribution in [2.45, 2.75) is 24.8 Å². The lowest BCUT2D eigenvalue weighted by atomic mass is 9.80. The monoisotopic (exact) mass is 696 g/mol. The summed E-state index contributed by atoms with van der Waals surface area (Å²) in [5, 5.41) is 25.3. The van der Waals surface area contributed by atoms with Crippen LogP contribution in [0.2, 0.25) is 0 Å². The van der Waals surface area contributed by atoms with Crippen molar-refractivity contribution in [3.8, 4) is 17.2 Å². The molecule has 0 bridgehead atoms. The second-order valence-electron chi connectivity index (χ2n) is 11.4. The Balaban J connectivity index is 1.39. The van der Waals surface area contributed by atoms with Gasteiger partial charge in [-0.05, 0) is 36.6 Å². The summed E-state index contributed by atoms with van der Waals surface area (Å²) in [6, 6.07) is 11.6. The van der Waals surface area contributed by atoms with Crippen LogP contribution >= 0.6 is 0 Å². The molecule has 0 spiro atoms. The van der Waals surface area contributed by atoms with Gasteiger partial charge in [0.25, 0.3) is 5.91 Å². The summed E-state index contributed by atoms with van der Waals surface area (Å²) in [7, 11) is 0. The number of nitrogens with one attached hydrogen (secondary N) is 2. The van der Waals surface area contributed by atoms with E-state index in [-0.39, 0.29) is 40.9 Å². The zero-order valence-electron chi connectivity index (χ0n) is 25.5. The predicted molar refractivity (Wildman–Crippen MR) is 166 cm³/mol. The quantitative estimate of drug-likeness (QED) is 0.0877. The Kier molecular flexibility index (Phi) is 8.88. The van der Waals surface area contributed by atoms with E-state index >= 15 is 0 Å². The zero-order chi connectivity index (χ0) is 36.0. The number of aromatic hydroxyl groups is 1. The molecule has 1 unspecified atom stereocenters. The highest BCUT2D eigenvalue weighted by molar-refractivity contribution is 6.05. The second-order valence-corrected chi connectivity index (χ2v) is 11.4. The molecule has 16 heteroatoms. The summed E-state index contributed by atoms with van der Waals surface area (Å²) in [5.41, 5.74) is 4.19. The third kappa shape index (κ3) is 5.83. The maximum Gasteiger partial charge on any atom is 0.339 e. The van der Waals surface area contributed by atoms with E-state index < -0.39 is 75.7 Å². The van der Waals surface area contributed by atoms with Gasteiger partial charge in [-0.2, -0.15) is 0 Å². The number of rotatable bonds is 7. The van der Waals surface area contributed by atoms with Crippen molar-refractivity contribution in [2.75, 3.05) is 23.7 Å². The number of fused-ring (bicyclic) bond motifs is 2. The van der Waals surface area contributed by atoms with Gasteiger partial charge >= 0.3 is 5.97 Å². The number of hydrogen-bond acceptors (Lipinski definition) is 7. The molecule has 50 heavy (non-hydrogen) atoms. The summed E-state index contributed by atoms with van der Waals surface area (Å²) in [6.45, 7) is 0.0908. The van der Waals surface area contributed by atoms with Crippen LogP contribution in [-0.4, -0.2) is 57.9 Å². The lowest BCUT2D eigenvalue weighted by molar-refractivity contribution is -0.135. The maximum absolute atomic E-state index is 14.3. The van der Waals surface area contributed by atoms with E-state index in [1.807, 2.05) is 0 Å². The van der Waals surface area contributed by atoms with Crippen molar-refractivity contribution in [2.24, 2.45) is 5.73 Å². The first kappa shape index (κ1) is 33.9. The third-order valence-corrected chi connectivity index (χ3v) is 8.48. The number of nitrogens with two attached hydrogens (primary N) is 1. The average Bonchev–Trinajstić information content (AvgIpc) is 3.59. The first-order chi connectivity index (χ1) is 23.8. The Bertz CT molecular complexity index is 2080. The van der Waals surface area contributed by atoms with Crippen LogP contribution in [0.3, 0.4) is 0 Å². The minimum atomic E-state index is -2.43. The summed E-state index contributed by atoms with van der Waals surface area (Å²) in [5.74, 6) is -17.1. The van der Waals surface area contributed by atoms with Gasteiger partial charge < -0.3 is 36.2 Å². The fraction of sp³-hybridized carbons (Fsp3) is 0.176. The molecule has 2 atom stereocenters. The number of nitrogens with zero attached hydrogens (tertiary/aromatic N) is 1. The summed E-state index contributed by atoms with van der Waals surface area (Å²) in [4.78, 5) is 51.9. The van der Waals surface area contributed by atoms with Crippen LogP contribution in [0.5, 0.6) is 17.2 Å². The number of phenols is 1. The van der Waals surface area contributed by atoms with Crippen molar-refractivity contribution < 1.29 is 56.1 Å². The van der Waals surface area contributed by atoms with Crippen molar-refractivity contribution in [1.29, 1.82) is 0 Å². The van der Waals surface area contributed by atoms with Crippen molar-refractivity contribution in [3.05, 3.63) is 112 Å². The van der Waals surface area contributed by atoms with Crippen LogP contribution in [0.1, 0.15) is 56.2 Å². The molecule has 3 amide bonds. The largest absolute Gasteiger partial charge is 0.507 e. The highest BCUT2D eigenvalue weighted by atomic mass is 19.2. The van der Waals surface area contributed by atoms with Gasteiger partial charge in [0.05, 0.1) is 6.54 Å². The normalized spacial score (nSPS) is 16.2. The van der Waals surface area contributed by atoms with Gasteiger partial charge in [-0.3, -0.25) is 14.4 Å². The minimum Gasteiger partial charge on any atom is -0.507 e. The van der Waals surface area contributed by atoms with E-state index in [1.54, 1.807) is 6.07 Å². The number of carbonyl (C=O) groups excluding carboxylic acids is 3. The second kappa shape index (κ2) is 13.1. The molecular formula is C34H25F5N4O7. The Labute approximate surface area is 279 Å². The van der Waals surface area contributed by atoms with Crippen LogP contribution in [0.15, 0.2) is 54.6 Å². The molecule has 1 fully saturated rings. The standard InChI is InChI=1S/C34H25F5N4O7/c35-27-26(28(36)30(38)31(39)29(27)37)33(47)42-15-7-9-17-22(12-15)50-21-11-14(41-32(46)19-4-2-10-43(19)23(45)13-40)6-8-16(21)24(17)18-3-1-5-20(44)25(18)34(48)49/h1,3,5-9,11-12,19,24,44H,2,4,10,13,40H2,(H,41,46)(H,42,47)(H,48,49)/t19-,24?/m0/s1. The van der Waals surface area contributed by atoms with Gasteiger partial charge in [0.1, 0.15) is 34.4 Å². The molecule has 2 heterocycles. The van der Waals surface area contributed by atoms with Crippen molar-refractivity contribution in [1.82, 2.24) is 4.90 Å². The molecule has 2 aliphatic rings. The number of halogens is 5. The molecule has 11 nitrogen and oxygen atoms in total. The SMILES string of the molecule is NCC(=O)N1CCC[C@H]1C(=O)Nc1ccc2c(c1)Oc1cc(NC(=O)c3c(F)c(F)c(F)c(F)c3F)ccc1C2c1cccc(O)c1C(=O)O. The van der Waals surface area contributed by atoms with Crippen LogP contribution < -0.4 is 21.1 Å². The van der Waals surface area contributed by atoms with Crippen LogP contribution in [0.25, 0.3) is 0 Å². The first-order valence-electron chi connectivity index (χ1n) is 15.0. The number of anilines is 2. The molecule has 0 radical (unpaired) electrons. The highest BCUT2D eigenvalue weighted by Gasteiger charge is 2.36. The molecule has 1 saturated heterocycles. The Morgan fingerprint density at radius 1 is 0.800 bits per heavy atom. The highest BCUT2D eigenvalue weighted by Crippen LogP contribution is 2.50. The molecule has 4 aromatic rings. The first-order valence-corrected chi connectivity index (χ1v) is 15.0. The van der Waals surface area contributed by atoms with E-state index in [0.717, 1.165) is 0 Å². The number of hydrogen-bond donors (Lipinski definition) is 5. The number of aromatic carboxylic acids is 1. The molecule has 2 aliphatic heterocycles. The zero-order valence-corrected chi connectivity index (χ0v) is 25.5. The van der Waals surface area contributed by atoms with E-state index in [1.165, 1.54) is 53.4 Å². The summed E-state index contributed by atoms with van der Waals surface area (Å²) >= 11 is 0. The molecule has 0 aliphatic carbocycles. The smallest absolute Gasteiger partial charge is 0.339 e. The van der Waals surface area contributed by atoms with Gasteiger partial charge in [-0.15, -0.1) is 0 Å². The predicted octanol–water partition coefficient (Wildman–Crippen LogP) is 5.21. The number of ether oxygens (including phenoxy) is 1. The van der Waals surface area contributed by atoms with Crippen LogP contribution in [0, 0.1) is 29.1 Å². The third-order valence-electron chi connectivity index (χ3n) is 8.48. The fourth-order valence-corrected chi connectivity index (χ4v) is 6.21. The van der Waals surface area contributed by atoms with E-state index in [2.05, 4.69) is 10.6 Å². The molecule has 0 aromatic heterocycles. The summed E-state index contributed by atoms with van der Waals surface area (Å²) < 4.78 is 75.9. The van der Waals surface area contributed by atoms with Gasteiger partial charge in [-0.25, -0.2) is 26.7 Å². The van der Waals surface area contributed by atoms with Gasteiger partial charge in [-0.1, -0.05) is 24.3 Å². The lowest BCUT2D eigenvalue weighted by Gasteiger charge is -2.30. The Morgan fingerprint density at radius 3 is 1.96 bits per heavy atom. The lowest BCUT2D eigenvalue weighted by Crippen LogP contribution is -2.45. The van der Waals surface area contributed by atoms with E-state index in [4.69, 9.17) is 10.5 Å². The van der Waals surface area contributed by atoms with Crippen molar-refractivity contribution in [3.63, 3.8) is 0 Å². The fourth-order valence-electron chi connectivity index (χ4n) is 6.21. The maximum atomic E-state index is 14.3. The summed E-state index contributed by atoms with van der Waals surface area (Å²) in [6.07, 6.45) is 0.998. The Hall–Kier alpha value is -6.03. The molecule has 0 saturated carbocycles. The minimum absolute atomic E-state index is 0.0311. The molecular weight excluding hydrogens is 671 g/mol. The van der Waals surface area contributed by atoms with Crippen LogP contribution in [0.4, 0.5) is 33.3 Å². The topological polar surface area (TPSA) is 171 Å². The van der Waals surface area contributed by atoms with E-state index in [0.29, 0.717) is 30.5 Å². The van der Waals surface area contributed by atoms with Crippen molar-refractivity contribution >= 4 is 35.1 Å². The van der Waals surface area contributed by atoms with Gasteiger partial charge in [0.15, 0.2) is 23.3 Å². The van der Waals surface area contributed by atoms with Gasteiger partial charge in [0, 0.05) is 47.1 Å². The Morgan fingerprint density at radius 2 is 1.38 bits per heavy atom. The molecule has 4 aromatic carbocycles. The average molecular weight is 697 g/mol. The molecule has 258 valence electrons. The van der Waals surface area contributed by atoms with Crippen LogP contribution in [-0.2, 0) is 9.59 Å².